The summed E-state index contributed by atoms with van der Waals surface area (Å²) in [6.45, 7) is 5.51. The highest BCUT2D eigenvalue weighted by molar-refractivity contribution is 5.98. The maximum atomic E-state index is 11.0. The SMILES string of the molecule is Cc1cc2cc(C(=O)O)cc(C)c2c(C)c1O. The molecule has 3 heteroatoms. The molecule has 0 radical (unpaired) electrons. The van der Waals surface area contributed by atoms with Crippen molar-refractivity contribution in [2.24, 2.45) is 0 Å². The molecular weight excluding hydrogens is 216 g/mol. The Morgan fingerprint density at radius 2 is 1.71 bits per heavy atom. The zero-order valence-electron chi connectivity index (χ0n) is 10.0. The summed E-state index contributed by atoms with van der Waals surface area (Å²) < 4.78 is 0. The van der Waals surface area contributed by atoms with E-state index < -0.39 is 5.97 Å². The number of aromatic hydroxyl groups is 1. The van der Waals surface area contributed by atoms with E-state index in [1.165, 1.54) is 0 Å². The summed E-state index contributed by atoms with van der Waals surface area (Å²) in [7, 11) is 0. The number of fused-ring (bicyclic) bond motifs is 1. The Bertz CT molecular complexity index is 627. The Labute approximate surface area is 99.3 Å². The molecule has 0 spiro atoms. The van der Waals surface area contributed by atoms with Gasteiger partial charge in [-0.2, -0.15) is 0 Å². The van der Waals surface area contributed by atoms with Gasteiger partial charge in [-0.3, -0.25) is 0 Å². The van der Waals surface area contributed by atoms with E-state index in [9.17, 15) is 9.90 Å². The van der Waals surface area contributed by atoms with Crippen molar-refractivity contribution >= 4 is 16.7 Å². The first-order chi connectivity index (χ1) is 7.91. The second kappa shape index (κ2) is 3.77. The summed E-state index contributed by atoms with van der Waals surface area (Å²) in [5, 5.41) is 20.7. The van der Waals surface area contributed by atoms with Crippen molar-refractivity contribution in [3.63, 3.8) is 0 Å². The van der Waals surface area contributed by atoms with Crippen LogP contribution in [0.3, 0.4) is 0 Å². The maximum absolute atomic E-state index is 11.0. The molecule has 0 heterocycles. The molecule has 0 aliphatic heterocycles. The lowest BCUT2D eigenvalue weighted by molar-refractivity contribution is 0.0697. The van der Waals surface area contributed by atoms with Gasteiger partial charge in [-0.1, -0.05) is 0 Å². The largest absolute Gasteiger partial charge is 0.507 e. The molecule has 0 aliphatic rings. The number of carbonyl (C=O) groups is 1. The highest BCUT2D eigenvalue weighted by atomic mass is 16.4. The van der Waals surface area contributed by atoms with Crippen molar-refractivity contribution < 1.29 is 15.0 Å². The second-order valence-electron chi connectivity index (χ2n) is 4.36. The molecular formula is C14H14O3. The molecule has 3 nitrogen and oxygen atoms in total. The quantitative estimate of drug-likeness (QED) is 0.791. The van der Waals surface area contributed by atoms with Crippen LogP contribution in [0.5, 0.6) is 5.75 Å². The van der Waals surface area contributed by atoms with Crippen LogP contribution in [0, 0.1) is 20.8 Å². The van der Waals surface area contributed by atoms with E-state index >= 15 is 0 Å². The minimum Gasteiger partial charge on any atom is -0.507 e. The van der Waals surface area contributed by atoms with E-state index in [0.29, 0.717) is 0 Å². The fraction of sp³-hybridized carbons (Fsp3) is 0.214. The summed E-state index contributed by atoms with van der Waals surface area (Å²) in [6.07, 6.45) is 0. The van der Waals surface area contributed by atoms with Crippen LogP contribution in [0.15, 0.2) is 18.2 Å². The van der Waals surface area contributed by atoms with Crippen LogP contribution in [0.2, 0.25) is 0 Å². The number of hydrogen-bond donors (Lipinski definition) is 2. The van der Waals surface area contributed by atoms with Gasteiger partial charge in [-0.05, 0) is 66.4 Å². The van der Waals surface area contributed by atoms with Crippen LogP contribution in [-0.2, 0) is 0 Å². The van der Waals surface area contributed by atoms with Gasteiger partial charge in [0.2, 0.25) is 0 Å². The molecule has 0 bridgehead atoms. The highest BCUT2D eigenvalue weighted by Crippen LogP contribution is 2.32. The van der Waals surface area contributed by atoms with Crippen molar-refractivity contribution in [2.45, 2.75) is 20.8 Å². The number of hydrogen-bond acceptors (Lipinski definition) is 2. The van der Waals surface area contributed by atoms with Gasteiger partial charge < -0.3 is 10.2 Å². The minimum absolute atomic E-state index is 0.277. The fourth-order valence-corrected chi connectivity index (χ4v) is 2.28. The number of phenolic OH excluding ortho intramolecular Hbond substituents is 1. The van der Waals surface area contributed by atoms with E-state index in [-0.39, 0.29) is 11.3 Å². The standard InChI is InChI=1S/C14H14O3/c1-7-4-11(14(16)17)6-10-5-8(2)13(15)9(3)12(7)10/h4-6,15H,1-3H3,(H,16,17). The third-order valence-electron chi connectivity index (χ3n) is 3.09. The van der Waals surface area contributed by atoms with Gasteiger partial charge in [0.25, 0.3) is 0 Å². The maximum Gasteiger partial charge on any atom is 0.335 e. The lowest BCUT2D eigenvalue weighted by Gasteiger charge is -2.11. The average molecular weight is 230 g/mol. The van der Waals surface area contributed by atoms with Crippen LogP contribution < -0.4 is 0 Å². The average Bonchev–Trinajstić information content (AvgIpc) is 2.25. The van der Waals surface area contributed by atoms with E-state index in [1.54, 1.807) is 12.1 Å². The zero-order valence-corrected chi connectivity index (χ0v) is 10.0. The molecule has 2 aromatic carbocycles. The fourth-order valence-electron chi connectivity index (χ4n) is 2.28. The van der Waals surface area contributed by atoms with Crippen molar-refractivity contribution in [3.8, 4) is 5.75 Å². The summed E-state index contributed by atoms with van der Waals surface area (Å²) in [4.78, 5) is 11.0. The first-order valence-electron chi connectivity index (χ1n) is 5.38. The van der Waals surface area contributed by atoms with E-state index in [2.05, 4.69) is 0 Å². The molecule has 2 rings (SSSR count). The number of carboxylic acids is 1. The molecule has 0 aliphatic carbocycles. The second-order valence-corrected chi connectivity index (χ2v) is 4.36. The summed E-state index contributed by atoms with van der Waals surface area (Å²) in [5.74, 6) is -0.651. The molecule has 0 fully saturated rings. The van der Waals surface area contributed by atoms with Crippen LogP contribution in [0.1, 0.15) is 27.0 Å². The van der Waals surface area contributed by atoms with Gasteiger partial charge in [0, 0.05) is 0 Å². The Morgan fingerprint density at radius 3 is 2.29 bits per heavy atom. The van der Waals surface area contributed by atoms with Gasteiger partial charge in [-0.25, -0.2) is 4.79 Å². The molecule has 0 aromatic heterocycles. The molecule has 2 N–H and O–H groups in total. The topological polar surface area (TPSA) is 57.5 Å². The predicted molar refractivity (Wildman–Crippen MR) is 66.8 cm³/mol. The molecule has 0 atom stereocenters. The van der Waals surface area contributed by atoms with Crippen molar-refractivity contribution in [1.82, 2.24) is 0 Å². The normalized spacial score (nSPS) is 10.8. The smallest absolute Gasteiger partial charge is 0.335 e. The lowest BCUT2D eigenvalue weighted by Crippen LogP contribution is -1.98. The van der Waals surface area contributed by atoms with E-state index in [0.717, 1.165) is 27.5 Å². The monoisotopic (exact) mass is 230 g/mol. The van der Waals surface area contributed by atoms with Gasteiger partial charge >= 0.3 is 5.97 Å². The Hall–Kier alpha value is -2.03. The van der Waals surface area contributed by atoms with Gasteiger partial charge in [0.15, 0.2) is 0 Å². The molecule has 17 heavy (non-hydrogen) atoms. The van der Waals surface area contributed by atoms with Crippen LogP contribution >= 0.6 is 0 Å². The molecule has 2 aromatic rings. The summed E-state index contributed by atoms with van der Waals surface area (Å²) >= 11 is 0. The number of aryl methyl sites for hydroxylation is 3. The van der Waals surface area contributed by atoms with Crippen LogP contribution in [0.25, 0.3) is 10.8 Å². The molecule has 0 saturated carbocycles. The van der Waals surface area contributed by atoms with Gasteiger partial charge in [0.1, 0.15) is 5.75 Å². The molecule has 0 unspecified atom stereocenters. The Morgan fingerprint density at radius 1 is 1.06 bits per heavy atom. The zero-order chi connectivity index (χ0) is 12.7. The van der Waals surface area contributed by atoms with E-state index in [4.69, 9.17) is 5.11 Å². The predicted octanol–water partition coefficient (Wildman–Crippen LogP) is 3.17. The molecule has 0 saturated heterocycles. The first kappa shape index (κ1) is 11.5. The molecule has 88 valence electrons. The third kappa shape index (κ3) is 1.73. The Kier molecular flexibility index (Phi) is 2.54. The third-order valence-corrected chi connectivity index (χ3v) is 3.09. The number of phenols is 1. The summed E-state index contributed by atoms with van der Waals surface area (Å²) in [6, 6.07) is 5.09. The highest BCUT2D eigenvalue weighted by Gasteiger charge is 2.12. The number of aromatic carboxylic acids is 1. The van der Waals surface area contributed by atoms with Crippen LogP contribution in [-0.4, -0.2) is 16.2 Å². The van der Waals surface area contributed by atoms with Crippen molar-refractivity contribution in [2.75, 3.05) is 0 Å². The van der Waals surface area contributed by atoms with Crippen molar-refractivity contribution in [1.29, 1.82) is 0 Å². The van der Waals surface area contributed by atoms with Gasteiger partial charge in [0.05, 0.1) is 5.56 Å². The van der Waals surface area contributed by atoms with Crippen LogP contribution in [0.4, 0.5) is 0 Å². The number of rotatable bonds is 1. The summed E-state index contributed by atoms with van der Waals surface area (Å²) in [5.41, 5.74) is 2.71. The van der Waals surface area contributed by atoms with Gasteiger partial charge in [-0.15, -0.1) is 0 Å². The minimum atomic E-state index is -0.932. The lowest BCUT2D eigenvalue weighted by atomic mass is 9.95. The number of carboxylic acid groups (broad SMARTS) is 1. The number of benzene rings is 2. The Balaban J connectivity index is 2.91. The molecule has 0 amide bonds. The first-order valence-corrected chi connectivity index (χ1v) is 5.38. The van der Waals surface area contributed by atoms with Crippen molar-refractivity contribution in [3.05, 3.63) is 40.5 Å². The van der Waals surface area contributed by atoms with E-state index in [1.807, 2.05) is 26.8 Å².